The molecular weight excluding hydrogens is 407 g/mol. The quantitative estimate of drug-likeness (QED) is 0.718. The Morgan fingerprint density at radius 2 is 1.85 bits per heavy atom. The van der Waals surface area contributed by atoms with Crippen LogP contribution in [0.4, 0.5) is 11.4 Å². The fourth-order valence-corrected chi connectivity index (χ4v) is 4.42. The Labute approximate surface area is 170 Å². The maximum absolute atomic E-state index is 13.0. The molecule has 0 heterocycles. The van der Waals surface area contributed by atoms with Gasteiger partial charge in [0.15, 0.2) is 0 Å². The third-order valence-electron chi connectivity index (χ3n) is 4.26. The Morgan fingerprint density at radius 1 is 1.19 bits per heavy atom. The summed E-state index contributed by atoms with van der Waals surface area (Å²) in [7, 11) is -3.74. The van der Waals surface area contributed by atoms with Crippen LogP contribution in [0.3, 0.4) is 0 Å². The molecule has 2 rings (SSSR count). The lowest BCUT2D eigenvalue weighted by Gasteiger charge is -2.31. The van der Waals surface area contributed by atoms with Crippen molar-refractivity contribution in [3.05, 3.63) is 57.6 Å². The molecule has 1 atom stereocenters. The van der Waals surface area contributed by atoms with E-state index in [1.807, 2.05) is 0 Å². The van der Waals surface area contributed by atoms with E-state index in [0.29, 0.717) is 32.5 Å². The number of aryl methyl sites for hydroxylation is 1. The van der Waals surface area contributed by atoms with Crippen LogP contribution in [0.25, 0.3) is 0 Å². The smallest absolute Gasteiger partial charge is 0.248 e. The zero-order valence-corrected chi connectivity index (χ0v) is 17.9. The van der Waals surface area contributed by atoms with Crippen molar-refractivity contribution in [1.29, 1.82) is 0 Å². The Kier molecular flexibility index (Phi) is 6.78. The summed E-state index contributed by atoms with van der Waals surface area (Å²) in [6, 6.07) is 9.19. The molecule has 1 N–H and O–H groups in total. The van der Waals surface area contributed by atoms with Crippen LogP contribution in [0, 0.1) is 13.8 Å². The van der Waals surface area contributed by atoms with E-state index >= 15 is 0 Å². The first-order valence-electron chi connectivity index (χ1n) is 8.37. The zero-order valence-electron chi connectivity index (χ0n) is 15.6. The normalized spacial score (nSPS) is 12.5. The summed E-state index contributed by atoms with van der Waals surface area (Å²) in [5.41, 5.74) is 2.35. The number of amides is 1. The number of hydrogen-bond donors (Lipinski definition) is 1. The van der Waals surface area contributed by atoms with E-state index in [1.165, 1.54) is 0 Å². The second-order valence-corrected chi connectivity index (χ2v) is 9.02. The number of hydrogen-bond acceptors (Lipinski definition) is 3. The number of sulfonamides is 1. The average molecular weight is 429 g/mol. The number of halogens is 2. The van der Waals surface area contributed by atoms with Gasteiger partial charge in [0.2, 0.25) is 15.9 Å². The molecule has 0 aliphatic heterocycles. The summed E-state index contributed by atoms with van der Waals surface area (Å²) in [5, 5.41) is 3.71. The van der Waals surface area contributed by atoms with Crippen molar-refractivity contribution in [2.24, 2.45) is 0 Å². The number of nitrogens with zero attached hydrogens (tertiary/aromatic N) is 1. The van der Waals surface area contributed by atoms with E-state index < -0.39 is 22.0 Å². The molecule has 0 aliphatic rings. The molecule has 8 heteroatoms. The van der Waals surface area contributed by atoms with Gasteiger partial charge in [-0.3, -0.25) is 9.10 Å². The van der Waals surface area contributed by atoms with Crippen molar-refractivity contribution in [2.45, 2.75) is 33.2 Å². The highest BCUT2D eigenvalue weighted by Gasteiger charge is 2.32. The third-order valence-corrected chi connectivity index (χ3v) is 6.07. The average Bonchev–Trinajstić information content (AvgIpc) is 2.58. The van der Waals surface area contributed by atoms with E-state index in [4.69, 9.17) is 23.2 Å². The topological polar surface area (TPSA) is 66.5 Å². The van der Waals surface area contributed by atoms with Gasteiger partial charge >= 0.3 is 0 Å². The number of carbonyl (C=O) groups is 1. The summed E-state index contributed by atoms with van der Waals surface area (Å²) in [5.74, 6) is -0.437. The van der Waals surface area contributed by atoms with Gasteiger partial charge < -0.3 is 5.32 Å². The summed E-state index contributed by atoms with van der Waals surface area (Å²) < 4.78 is 26.2. The van der Waals surface area contributed by atoms with Crippen molar-refractivity contribution in [3.63, 3.8) is 0 Å². The molecule has 0 radical (unpaired) electrons. The van der Waals surface area contributed by atoms with Crippen molar-refractivity contribution in [3.8, 4) is 0 Å². The van der Waals surface area contributed by atoms with Gasteiger partial charge in [-0.1, -0.05) is 42.3 Å². The van der Waals surface area contributed by atoms with Crippen molar-refractivity contribution in [1.82, 2.24) is 0 Å². The van der Waals surface area contributed by atoms with Crippen LogP contribution in [-0.2, 0) is 14.8 Å². The molecule has 0 saturated heterocycles. The predicted molar refractivity (Wildman–Crippen MR) is 112 cm³/mol. The van der Waals surface area contributed by atoms with Crippen LogP contribution in [-0.4, -0.2) is 26.6 Å². The molecule has 2 aromatic rings. The maximum atomic E-state index is 13.0. The number of carbonyl (C=O) groups excluding carboxylic acids is 1. The largest absolute Gasteiger partial charge is 0.324 e. The first-order chi connectivity index (χ1) is 12.6. The Hall–Kier alpha value is -1.76. The van der Waals surface area contributed by atoms with E-state index in [9.17, 15) is 13.2 Å². The molecule has 5 nitrogen and oxygen atoms in total. The Balaban J connectivity index is 2.48. The van der Waals surface area contributed by atoms with Crippen LogP contribution in [0.15, 0.2) is 36.4 Å². The highest BCUT2D eigenvalue weighted by atomic mass is 35.5. The molecule has 27 heavy (non-hydrogen) atoms. The molecule has 0 bridgehead atoms. The van der Waals surface area contributed by atoms with E-state index in [-0.39, 0.29) is 6.42 Å². The first kappa shape index (κ1) is 21.5. The van der Waals surface area contributed by atoms with Crippen molar-refractivity contribution in [2.75, 3.05) is 15.9 Å². The van der Waals surface area contributed by atoms with Crippen LogP contribution >= 0.6 is 23.2 Å². The summed E-state index contributed by atoms with van der Waals surface area (Å²) in [4.78, 5) is 13.0. The van der Waals surface area contributed by atoms with Gasteiger partial charge in [-0.05, 0) is 55.7 Å². The molecule has 1 amide bonds. The van der Waals surface area contributed by atoms with Crippen LogP contribution < -0.4 is 9.62 Å². The lowest BCUT2D eigenvalue weighted by Crippen LogP contribution is -2.47. The van der Waals surface area contributed by atoms with Gasteiger partial charge in [0, 0.05) is 15.7 Å². The lowest BCUT2D eigenvalue weighted by atomic mass is 10.1. The molecular formula is C19H22Cl2N2O3S. The van der Waals surface area contributed by atoms with E-state index in [0.717, 1.165) is 10.6 Å². The van der Waals surface area contributed by atoms with Crippen LogP contribution in [0.2, 0.25) is 10.0 Å². The molecule has 2 aromatic carbocycles. The van der Waals surface area contributed by atoms with Crippen molar-refractivity contribution < 1.29 is 13.2 Å². The molecule has 0 aromatic heterocycles. The number of nitrogens with one attached hydrogen (secondary N) is 1. The fourth-order valence-electron chi connectivity index (χ4n) is 2.81. The first-order valence-corrected chi connectivity index (χ1v) is 11.0. The SMILES string of the molecule is CCC(C(=O)Nc1cccc(Cl)c1C)N(c1cc(Cl)ccc1C)S(C)(=O)=O. The molecule has 0 saturated carbocycles. The second kappa shape index (κ2) is 8.50. The lowest BCUT2D eigenvalue weighted by molar-refractivity contribution is -0.117. The highest BCUT2D eigenvalue weighted by molar-refractivity contribution is 7.92. The van der Waals surface area contributed by atoms with Gasteiger partial charge in [-0.2, -0.15) is 0 Å². The zero-order chi connectivity index (χ0) is 20.4. The molecule has 0 spiro atoms. The number of anilines is 2. The fraction of sp³-hybridized carbons (Fsp3) is 0.316. The highest BCUT2D eigenvalue weighted by Crippen LogP contribution is 2.30. The molecule has 0 aliphatic carbocycles. The van der Waals surface area contributed by atoms with Gasteiger partial charge in [0.25, 0.3) is 0 Å². The van der Waals surface area contributed by atoms with Gasteiger partial charge in [-0.15, -0.1) is 0 Å². The maximum Gasteiger partial charge on any atom is 0.248 e. The van der Waals surface area contributed by atoms with Crippen LogP contribution in [0.1, 0.15) is 24.5 Å². The van der Waals surface area contributed by atoms with Gasteiger partial charge in [0.05, 0.1) is 11.9 Å². The molecule has 146 valence electrons. The van der Waals surface area contributed by atoms with E-state index in [1.54, 1.807) is 57.2 Å². The number of rotatable bonds is 6. The summed E-state index contributed by atoms with van der Waals surface area (Å²) in [6.07, 6.45) is 1.36. The minimum absolute atomic E-state index is 0.282. The van der Waals surface area contributed by atoms with E-state index in [2.05, 4.69) is 5.32 Å². The molecule has 1 unspecified atom stereocenters. The molecule has 0 fully saturated rings. The van der Waals surface area contributed by atoms with Crippen molar-refractivity contribution >= 4 is 50.5 Å². The Bertz CT molecular complexity index is 961. The second-order valence-electron chi connectivity index (χ2n) is 6.32. The third kappa shape index (κ3) is 4.94. The number of benzene rings is 2. The summed E-state index contributed by atoms with van der Waals surface area (Å²) in [6.45, 7) is 5.32. The Morgan fingerprint density at radius 3 is 2.44 bits per heavy atom. The minimum atomic E-state index is -3.74. The van der Waals surface area contributed by atoms with Crippen LogP contribution in [0.5, 0.6) is 0 Å². The summed E-state index contributed by atoms with van der Waals surface area (Å²) >= 11 is 12.2. The van der Waals surface area contributed by atoms with Gasteiger partial charge in [0.1, 0.15) is 6.04 Å². The van der Waals surface area contributed by atoms with Gasteiger partial charge in [-0.25, -0.2) is 8.42 Å². The standard InChI is InChI=1S/C19H22Cl2N2O3S/c1-5-17(19(24)22-16-8-6-7-15(21)13(16)3)23(27(4,25)26)18-11-14(20)10-9-12(18)2/h6-11,17H,5H2,1-4H3,(H,22,24). The minimum Gasteiger partial charge on any atom is -0.324 e. The predicted octanol–water partition coefficient (Wildman–Crippen LogP) is 4.79. The monoisotopic (exact) mass is 428 g/mol.